The van der Waals surface area contributed by atoms with Crippen LogP contribution in [0.2, 0.25) is 0 Å². The van der Waals surface area contributed by atoms with Crippen LogP contribution in [0.4, 0.5) is 5.82 Å². The zero-order chi connectivity index (χ0) is 12.7. The molecular formula is C10H13N3O4. The van der Waals surface area contributed by atoms with Crippen molar-refractivity contribution in [2.45, 2.75) is 6.92 Å². The molecule has 1 aromatic rings. The van der Waals surface area contributed by atoms with E-state index in [0.29, 0.717) is 12.4 Å². The van der Waals surface area contributed by atoms with Crippen molar-refractivity contribution < 1.29 is 19.1 Å². The van der Waals surface area contributed by atoms with Crippen LogP contribution >= 0.6 is 0 Å². The molecule has 0 fully saturated rings. The summed E-state index contributed by atoms with van der Waals surface area (Å²) in [4.78, 5) is 29.8. The van der Waals surface area contributed by atoms with Gasteiger partial charge in [0.25, 0.3) is 0 Å². The topological polar surface area (TPSA) is 90.4 Å². The van der Waals surface area contributed by atoms with Gasteiger partial charge in [0.05, 0.1) is 13.7 Å². The number of carbonyl (C=O) groups is 2. The molecule has 0 unspecified atom stereocenters. The fourth-order valence-corrected chi connectivity index (χ4v) is 1.02. The highest BCUT2D eigenvalue weighted by atomic mass is 16.5. The first-order chi connectivity index (χ1) is 8.17. The van der Waals surface area contributed by atoms with Gasteiger partial charge in [-0.05, 0) is 13.0 Å². The first-order valence-electron chi connectivity index (χ1n) is 4.98. The molecule has 0 radical (unpaired) electrons. The van der Waals surface area contributed by atoms with E-state index in [2.05, 4.69) is 20.0 Å². The van der Waals surface area contributed by atoms with Gasteiger partial charge in [-0.25, -0.2) is 14.8 Å². The van der Waals surface area contributed by atoms with Crippen molar-refractivity contribution in [3.8, 4) is 0 Å². The molecule has 0 atom stereocenters. The number of nitrogens with zero attached hydrogens (tertiary/aromatic N) is 2. The fraction of sp³-hybridized carbons (Fsp3) is 0.400. The van der Waals surface area contributed by atoms with Gasteiger partial charge in [0.2, 0.25) is 5.82 Å². The second-order valence-corrected chi connectivity index (χ2v) is 2.92. The third-order valence-electron chi connectivity index (χ3n) is 1.74. The molecule has 0 aliphatic carbocycles. The number of anilines is 1. The van der Waals surface area contributed by atoms with Crippen molar-refractivity contribution in [1.29, 1.82) is 0 Å². The number of methoxy groups -OCH3 is 1. The molecule has 7 nitrogen and oxygen atoms in total. The Balaban J connectivity index is 2.60. The lowest BCUT2D eigenvalue weighted by Crippen LogP contribution is -2.18. The second-order valence-electron chi connectivity index (χ2n) is 2.92. The van der Waals surface area contributed by atoms with Crippen LogP contribution in [-0.4, -0.2) is 42.2 Å². The van der Waals surface area contributed by atoms with Gasteiger partial charge in [-0.1, -0.05) is 0 Å². The van der Waals surface area contributed by atoms with E-state index in [9.17, 15) is 9.59 Å². The first kappa shape index (κ1) is 12.9. The number of hydrogen-bond donors (Lipinski definition) is 1. The molecule has 17 heavy (non-hydrogen) atoms. The monoisotopic (exact) mass is 239 g/mol. The zero-order valence-corrected chi connectivity index (χ0v) is 9.60. The number of ether oxygens (including phenoxy) is 2. The van der Waals surface area contributed by atoms with Gasteiger partial charge in [-0.15, -0.1) is 0 Å². The van der Waals surface area contributed by atoms with Crippen molar-refractivity contribution in [2.75, 3.05) is 25.6 Å². The van der Waals surface area contributed by atoms with Crippen LogP contribution in [0.15, 0.2) is 12.3 Å². The third-order valence-corrected chi connectivity index (χ3v) is 1.74. The summed E-state index contributed by atoms with van der Waals surface area (Å²) in [6.07, 6.45) is 1.40. The van der Waals surface area contributed by atoms with Gasteiger partial charge in [0.1, 0.15) is 12.4 Å². The summed E-state index contributed by atoms with van der Waals surface area (Å²) in [5.41, 5.74) is 0. The first-order valence-corrected chi connectivity index (χ1v) is 4.98. The highest BCUT2D eigenvalue weighted by molar-refractivity contribution is 5.85. The Morgan fingerprint density at radius 3 is 2.88 bits per heavy atom. The van der Waals surface area contributed by atoms with E-state index in [0.717, 1.165) is 0 Å². The van der Waals surface area contributed by atoms with E-state index in [4.69, 9.17) is 4.74 Å². The third kappa shape index (κ3) is 4.06. The summed E-state index contributed by atoms with van der Waals surface area (Å²) in [6.45, 7) is 2.01. The van der Waals surface area contributed by atoms with Crippen LogP contribution in [-0.2, 0) is 14.3 Å². The summed E-state index contributed by atoms with van der Waals surface area (Å²) in [7, 11) is 1.24. The van der Waals surface area contributed by atoms with Gasteiger partial charge in [-0.2, -0.15) is 0 Å². The van der Waals surface area contributed by atoms with Gasteiger partial charge in [0.15, 0.2) is 0 Å². The molecule has 0 amide bonds. The quantitative estimate of drug-likeness (QED) is 0.736. The molecule has 1 heterocycles. The van der Waals surface area contributed by atoms with E-state index in [-0.39, 0.29) is 12.4 Å². The predicted octanol–water partition coefficient (Wildman–Crippen LogP) is 0.238. The van der Waals surface area contributed by atoms with Crippen molar-refractivity contribution in [3.63, 3.8) is 0 Å². The van der Waals surface area contributed by atoms with E-state index in [1.54, 1.807) is 6.92 Å². The average molecular weight is 239 g/mol. The number of rotatable bonds is 5. The average Bonchev–Trinajstić information content (AvgIpc) is 2.36. The fourth-order valence-electron chi connectivity index (χ4n) is 1.02. The lowest BCUT2D eigenvalue weighted by Gasteiger charge is -2.05. The summed E-state index contributed by atoms with van der Waals surface area (Å²) >= 11 is 0. The van der Waals surface area contributed by atoms with Crippen LogP contribution in [0, 0.1) is 0 Å². The molecule has 0 bridgehead atoms. The number of hydrogen-bond acceptors (Lipinski definition) is 7. The van der Waals surface area contributed by atoms with E-state index in [1.807, 2.05) is 0 Å². The molecule has 1 aromatic heterocycles. The maximum atomic E-state index is 11.1. The molecule has 0 saturated carbocycles. The largest absolute Gasteiger partial charge is 0.465 e. The molecule has 92 valence electrons. The number of nitrogens with one attached hydrogen (secondary N) is 1. The lowest BCUT2D eigenvalue weighted by molar-refractivity contribution is -0.140. The van der Waals surface area contributed by atoms with Gasteiger partial charge >= 0.3 is 11.9 Å². The minimum atomic E-state index is -0.634. The molecule has 0 aromatic carbocycles. The summed E-state index contributed by atoms with van der Waals surface area (Å²) < 4.78 is 9.20. The normalized spacial score (nSPS) is 9.53. The molecule has 0 spiro atoms. The van der Waals surface area contributed by atoms with Crippen molar-refractivity contribution in [3.05, 3.63) is 18.1 Å². The molecule has 1 N–H and O–H groups in total. The molecule has 1 rings (SSSR count). The predicted molar refractivity (Wildman–Crippen MR) is 58.5 cm³/mol. The Kier molecular flexibility index (Phi) is 4.86. The smallest absolute Gasteiger partial charge is 0.376 e. The summed E-state index contributed by atoms with van der Waals surface area (Å²) in [5.74, 6) is -0.745. The van der Waals surface area contributed by atoms with E-state index >= 15 is 0 Å². The highest BCUT2D eigenvalue weighted by Gasteiger charge is 2.10. The standard InChI is InChI=1S/C10H13N3O4/c1-3-17-8(14)6-12-7-4-5-11-9(13-7)10(15)16-2/h4-5H,3,6H2,1-2H3,(H,11,12,13). The highest BCUT2D eigenvalue weighted by Crippen LogP contribution is 2.02. The van der Waals surface area contributed by atoms with Crippen molar-refractivity contribution in [1.82, 2.24) is 9.97 Å². The Bertz CT molecular complexity index is 408. The zero-order valence-electron chi connectivity index (χ0n) is 9.60. The number of aromatic nitrogens is 2. The Labute approximate surface area is 98.2 Å². The molecule has 0 aliphatic heterocycles. The van der Waals surface area contributed by atoms with Crippen molar-refractivity contribution >= 4 is 17.8 Å². The van der Waals surface area contributed by atoms with Crippen molar-refractivity contribution in [2.24, 2.45) is 0 Å². The number of carbonyl (C=O) groups excluding carboxylic acids is 2. The second kappa shape index (κ2) is 6.41. The van der Waals surface area contributed by atoms with Gasteiger partial charge < -0.3 is 14.8 Å². The minimum absolute atomic E-state index is 0.0224. The number of esters is 2. The minimum Gasteiger partial charge on any atom is -0.465 e. The van der Waals surface area contributed by atoms with E-state index in [1.165, 1.54) is 19.4 Å². The van der Waals surface area contributed by atoms with Gasteiger partial charge in [0, 0.05) is 6.20 Å². The molecule has 7 heteroatoms. The van der Waals surface area contributed by atoms with Crippen LogP contribution in [0.1, 0.15) is 17.5 Å². The summed E-state index contributed by atoms with van der Waals surface area (Å²) in [5, 5.41) is 2.72. The van der Waals surface area contributed by atoms with E-state index < -0.39 is 11.9 Å². The molecular weight excluding hydrogens is 226 g/mol. The molecule has 0 aliphatic rings. The SMILES string of the molecule is CCOC(=O)CNc1ccnc(C(=O)OC)n1. The summed E-state index contributed by atoms with van der Waals surface area (Å²) in [6, 6.07) is 1.53. The van der Waals surface area contributed by atoms with Crippen LogP contribution in [0.3, 0.4) is 0 Å². The lowest BCUT2D eigenvalue weighted by atomic mass is 10.5. The van der Waals surface area contributed by atoms with Gasteiger partial charge in [-0.3, -0.25) is 4.79 Å². The Morgan fingerprint density at radius 2 is 2.24 bits per heavy atom. The van der Waals surface area contributed by atoms with Crippen LogP contribution < -0.4 is 5.32 Å². The molecule has 0 saturated heterocycles. The maximum Gasteiger partial charge on any atom is 0.376 e. The maximum absolute atomic E-state index is 11.1. The van der Waals surface area contributed by atoms with Crippen LogP contribution in [0.25, 0.3) is 0 Å². The Hall–Kier alpha value is -2.18. The Morgan fingerprint density at radius 1 is 1.47 bits per heavy atom. The van der Waals surface area contributed by atoms with Crippen LogP contribution in [0.5, 0.6) is 0 Å².